The highest BCUT2D eigenvalue weighted by Gasteiger charge is 2.19. The Balaban J connectivity index is 1.01. The van der Waals surface area contributed by atoms with Gasteiger partial charge in [-0.15, -0.1) is 0 Å². The fourth-order valence-corrected chi connectivity index (χ4v) is 8.89. The predicted octanol–water partition coefficient (Wildman–Crippen LogP) is 14.2. The summed E-state index contributed by atoms with van der Waals surface area (Å²) < 4.78 is 2.38. The van der Waals surface area contributed by atoms with Crippen molar-refractivity contribution in [3.8, 4) is 62.2 Å². The summed E-state index contributed by atoms with van der Waals surface area (Å²) in [6.07, 6.45) is 0. The lowest BCUT2D eigenvalue weighted by atomic mass is 9.98. The van der Waals surface area contributed by atoms with Gasteiger partial charge in [0.05, 0.1) is 22.2 Å². The summed E-state index contributed by atoms with van der Waals surface area (Å²) in [6, 6.07) is 74.6. The molecule has 5 nitrogen and oxygen atoms in total. The Kier molecular flexibility index (Phi) is 8.10. The Morgan fingerprint density at radius 3 is 1.61 bits per heavy atom. The monoisotopic (exact) mass is 777 g/mol. The van der Waals surface area contributed by atoms with Gasteiger partial charge >= 0.3 is 0 Å². The van der Waals surface area contributed by atoms with Crippen LogP contribution >= 0.6 is 0 Å². The second-order valence-electron chi connectivity index (χ2n) is 15.4. The Bertz CT molecular complexity index is 3610. The molecule has 0 amide bonds. The zero-order chi connectivity index (χ0) is 40.3. The number of nitrogens with zero attached hydrogens (tertiary/aromatic N) is 5. The second kappa shape index (κ2) is 14.2. The number of pyridine rings is 1. The molecule has 0 N–H and O–H groups in total. The van der Waals surface area contributed by atoms with Crippen molar-refractivity contribution in [3.63, 3.8) is 0 Å². The van der Waals surface area contributed by atoms with Crippen LogP contribution in [0, 0.1) is 0 Å². The van der Waals surface area contributed by atoms with Crippen LogP contribution in [0.15, 0.2) is 212 Å². The van der Waals surface area contributed by atoms with Crippen molar-refractivity contribution in [1.29, 1.82) is 0 Å². The average Bonchev–Trinajstić information content (AvgIpc) is 3.66. The molecule has 61 heavy (non-hydrogen) atoms. The molecule has 284 valence electrons. The van der Waals surface area contributed by atoms with Crippen LogP contribution in [-0.2, 0) is 0 Å². The second-order valence-corrected chi connectivity index (χ2v) is 15.4. The van der Waals surface area contributed by atoms with Crippen molar-refractivity contribution < 1.29 is 0 Å². The molecule has 0 aliphatic rings. The number of fused-ring (bicyclic) bond motifs is 7. The maximum Gasteiger partial charge on any atom is 0.164 e. The molecule has 12 rings (SSSR count). The summed E-state index contributed by atoms with van der Waals surface area (Å²) >= 11 is 0. The molecule has 0 fully saturated rings. The zero-order valence-corrected chi connectivity index (χ0v) is 32.9. The van der Waals surface area contributed by atoms with E-state index in [1.165, 1.54) is 10.8 Å². The highest BCUT2D eigenvalue weighted by Crippen LogP contribution is 2.40. The number of hydrogen-bond acceptors (Lipinski definition) is 4. The zero-order valence-electron chi connectivity index (χ0n) is 32.9. The van der Waals surface area contributed by atoms with E-state index in [2.05, 4.69) is 187 Å². The van der Waals surface area contributed by atoms with Crippen molar-refractivity contribution in [1.82, 2.24) is 24.5 Å². The Morgan fingerprint density at radius 1 is 0.295 bits per heavy atom. The van der Waals surface area contributed by atoms with Crippen molar-refractivity contribution >= 4 is 54.3 Å². The van der Waals surface area contributed by atoms with Gasteiger partial charge in [0.15, 0.2) is 17.5 Å². The van der Waals surface area contributed by atoms with E-state index >= 15 is 0 Å². The summed E-state index contributed by atoms with van der Waals surface area (Å²) in [4.78, 5) is 20.5. The molecule has 0 aliphatic carbocycles. The number of para-hydroxylation sites is 1. The number of rotatable bonds is 6. The van der Waals surface area contributed by atoms with E-state index in [0.29, 0.717) is 17.5 Å². The third kappa shape index (κ3) is 5.94. The molecular formula is C56H35N5. The fourth-order valence-electron chi connectivity index (χ4n) is 8.89. The Hall–Kier alpha value is -8.28. The van der Waals surface area contributed by atoms with Crippen LogP contribution in [0.1, 0.15) is 0 Å². The van der Waals surface area contributed by atoms with Gasteiger partial charge in [-0.1, -0.05) is 176 Å². The van der Waals surface area contributed by atoms with Crippen LogP contribution in [0.2, 0.25) is 0 Å². The summed E-state index contributed by atoms with van der Waals surface area (Å²) in [6.45, 7) is 0. The van der Waals surface area contributed by atoms with E-state index in [4.69, 9.17) is 19.9 Å². The average molecular weight is 778 g/mol. The Morgan fingerprint density at radius 2 is 0.852 bits per heavy atom. The minimum absolute atomic E-state index is 0.631. The van der Waals surface area contributed by atoms with Gasteiger partial charge in [-0.25, -0.2) is 19.9 Å². The molecule has 12 aromatic rings. The molecule has 0 bridgehead atoms. The van der Waals surface area contributed by atoms with Gasteiger partial charge in [-0.05, 0) is 63.7 Å². The normalized spacial score (nSPS) is 11.6. The van der Waals surface area contributed by atoms with Crippen LogP contribution in [0.5, 0.6) is 0 Å². The standard InChI is InChI=1S/C56H35N5/c1-4-16-38(17-5-1)53-45-25-13-12-24-44(45)47-35-52-49(34-50(47)57-53)48-33-41(31-32-51(48)61(52)42-21-8-3-9-22-42)36-27-29-40(30-28-36)55-58-54(39-18-6-2-7-19-39)59-56(60-55)46-26-14-20-37-15-10-11-23-43(37)46/h1-35H. The highest BCUT2D eigenvalue weighted by molar-refractivity contribution is 6.19. The van der Waals surface area contributed by atoms with E-state index in [0.717, 1.165) is 88.2 Å². The molecule has 0 atom stereocenters. The van der Waals surface area contributed by atoms with E-state index in [1.807, 2.05) is 30.3 Å². The van der Waals surface area contributed by atoms with E-state index in [1.54, 1.807) is 0 Å². The lowest BCUT2D eigenvalue weighted by Gasteiger charge is -2.12. The predicted molar refractivity (Wildman–Crippen MR) is 252 cm³/mol. The van der Waals surface area contributed by atoms with Gasteiger partial charge in [0, 0.05) is 49.5 Å². The SMILES string of the molecule is c1ccc(-c2nc(-c3ccc(-c4ccc5c(c4)c4cc6nc(-c7ccccc7)c7ccccc7c6cc4n5-c4ccccc4)cc3)nc(-c3cccc4ccccc34)n2)cc1. The maximum atomic E-state index is 5.37. The minimum Gasteiger partial charge on any atom is -0.309 e. The Labute approximate surface area is 351 Å². The van der Waals surface area contributed by atoms with Crippen LogP contribution < -0.4 is 0 Å². The van der Waals surface area contributed by atoms with Crippen LogP contribution in [0.25, 0.3) is 116 Å². The number of benzene rings is 9. The molecule has 5 heteroatoms. The van der Waals surface area contributed by atoms with Crippen molar-refractivity contribution in [3.05, 3.63) is 212 Å². The van der Waals surface area contributed by atoms with Gasteiger partial charge in [-0.3, -0.25) is 0 Å². The van der Waals surface area contributed by atoms with Gasteiger partial charge in [-0.2, -0.15) is 0 Å². The van der Waals surface area contributed by atoms with E-state index in [9.17, 15) is 0 Å². The molecule has 0 unspecified atom stereocenters. The van der Waals surface area contributed by atoms with Crippen LogP contribution in [-0.4, -0.2) is 24.5 Å². The van der Waals surface area contributed by atoms with Crippen molar-refractivity contribution in [2.24, 2.45) is 0 Å². The summed E-state index contributed by atoms with van der Waals surface area (Å²) in [5.74, 6) is 1.92. The quantitative estimate of drug-likeness (QED) is 0.158. The molecule has 0 saturated heterocycles. The number of aromatic nitrogens is 5. The minimum atomic E-state index is 0.631. The first-order chi connectivity index (χ1) is 30.2. The molecule has 3 aromatic heterocycles. The van der Waals surface area contributed by atoms with Crippen LogP contribution in [0.4, 0.5) is 0 Å². The molecule has 0 saturated carbocycles. The van der Waals surface area contributed by atoms with Gasteiger partial charge in [0.1, 0.15) is 0 Å². The molecule has 0 aliphatic heterocycles. The van der Waals surface area contributed by atoms with Crippen molar-refractivity contribution in [2.45, 2.75) is 0 Å². The smallest absolute Gasteiger partial charge is 0.164 e. The molecule has 3 heterocycles. The summed E-state index contributed by atoms with van der Waals surface area (Å²) in [5, 5.41) is 8.05. The first kappa shape index (κ1) is 34.7. The van der Waals surface area contributed by atoms with Gasteiger partial charge < -0.3 is 4.57 Å². The summed E-state index contributed by atoms with van der Waals surface area (Å²) in [7, 11) is 0. The molecular weight excluding hydrogens is 743 g/mol. The van der Waals surface area contributed by atoms with Gasteiger partial charge in [0.25, 0.3) is 0 Å². The van der Waals surface area contributed by atoms with Gasteiger partial charge in [0.2, 0.25) is 0 Å². The van der Waals surface area contributed by atoms with Crippen molar-refractivity contribution in [2.75, 3.05) is 0 Å². The van der Waals surface area contributed by atoms with Crippen LogP contribution in [0.3, 0.4) is 0 Å². The summed E-state index contributed by atoms with van der Waals surface area (Å²) in [5.41, 5.74) is 11.6. The highest BCUT2D eigenvalue weighted by atomic mass is 15.0. The van der Waals surface area contributed by atoms with E-state index < -0.39 is 0 Å². The third-order valence-electron chi connectivity index (χ3n) is 11.8. The molecule has 9 aromatic carbocycles. The first-order valence-electron chi connectivity index (χ1n) is 20.6. The fraction of sp³-hybridized carbons (Fsp3) is 0. The largest absolute Gasteiger partial charge is 0.309 e. The topological polar surface area (TPSA) is 56.5 Å². The lowest BCUT2D eigenvalue weighted by Crippen LogP contribution is -2.00. The third-order valence-corrected chi connectivity index (χ3v) is 11.8. The molecule has 0 spiro atoms. The lowest BCUT2D eigenvalue weighted by molar-refractivity contribution is 1.08. The number of hydrogen-bond donors (Lipinski definition) is 0. The first-order valence-corrected chi connectivity index (χ1v) is 20.6. The maximum absolute atomic E-state index is 5.37. The molecule has 0 radical (unpaired) electrons. The van der Waals surface area contributed by atoms with E-state index in [-0.39, 0.29) is 0 Å².